The second-order valence-corrected chi connectivity index (χ2v) is 7.22. The van der Waals surface area contributed by atoms with Crippen LogP contribution >= 0.6 is 0 Å². The van der Waals surface area contributed by atoms with E-state index in [1.807, 2.05) is 12.2 Å². The molecule has 0 saturated carbocycles. The van der Waals surface area contributed by atoms with Gasteiger partial charge in [-0.3, -0.25) is 19.8 Å². The minimum absolute atomic E-state index is 0.0982. The predicted molar refractivity (Wildman–Crippen MR) is 98.7 cm³/mol. The fourth-order valence-electron chi connectivity index (χ4n) is 3.88. The monoisotopic (exact) mass is 369 g/mol. The molecule has 2 heterocycles. The van der Waals surface area contributed by atoms with Gasteiger partial charge >= 0.3 is 0 Å². The summed E-state index contributed by atoms with van der Waals surface area (Å²) in [5, 5.41) is 4.30. The van der Waals surface area contributed by atoms with Crippen molar-refractivity contribution in [2.45, 2.75) is 31.7 Å². The Morgan fingerprint density at radius 1 is 1.11 bits per heavy atom. The number of hydrazine groups is 1. The first-order valence-electron chi connectivity index (χ1n) is 9.41. The molecule has 3 amide bonds. The highest BCUT2D eigenvalue weighted by Crippen LogP contribution is 2.32. The molecule has 2 unspecified atom stereocenters. The highest BCUT2D eigenvalue weighted by molar-refractivity contribution is 6.05. The summed E-state index contributed by atoms with van der Waals surface area (Å²) in [7, 11) is 0. The van der Waals surface area contributed by atoms with Crippen LogP contribution in [-0.4, -0.2) is 37.0 Å². The van der Waals surface area contributed by atoms with Gasteiger partial charge in [0, 0.05) is 24.8 Å². The zero-order valence-electron chi connectivity index (χ0n) is 15.0. The minimum Gasteiger partial charge on any atom is -0.381 e. The normalized spacial score (nSPS) is 25.7. The van der Waals surface area contributed by atoms with Crippen molar-refractivity contribution in [1.29, 1.82) is 0 Å². The van der Waals surface area contributed by atoms with Crippen molar-refractivity contribution in [3.8, 4) is 0 Å². The van der Waals surface area contributed by atoms with Crippen LogP contribution in [0.1, 0.15) is 36.0 Å². The molecule has 7 heteroatoms. The molecule has 1 aromatic rings. The van der Waals surface area contributed by atoms with Crippen LogP contribution in [0.2, 0.25) is 0 Å². The topological polar surface area (TPSA) is 87.7 Å². The maximum Gasteiger partial charge on any atom is 0.251 e. The highest BCUT2D eigenvalue weighted by Gasteiger charge is 2.42. The number of amides is 3. The van der Waals surface area contributed by atoms with Crippen LogP contribution in [0.25, 0.3) is 0 Å². The maximum absolute atomic E-state index is 12.9. The summed E-state index contributed by atoms with van der Waals surface area (Å²) in [4.78, 5) is 37.8. The SMILES string of the molecule is O=C(NC1CCOCC1)c1cccc(N2NC(=O)C3CC=CCC3C2=O)c1. The smallest absolute Gasteiger partial charge is 0.251 e. The largest absolute Gasteiger partial charge is 0.381 e. The summed E-state index contributed by atoms with van der Waals surface area (Å²) >= 11 is 0. The first-order valence-corrected chi connectivity index (χ1v) is 9.41. The molecule has 2 N–H and O–H groups in total. The minimum atomic E-state index is -0.344. The summed E-state index contributed by atoms with van der Waals surface area (Å²) in [6.45, 7) is 1.30. The number of anilines is 1. The van der Waals surface area contributed by atoms with E-state index in [4.69, 9.17) is 4.74 Å². The van der Waals surface area contributed by atoms with E-state index in [0.29, 0.717) is 37.3 Å². The van der Waals surface area contributed by atoms with Crippen molar-refractivity contribution >= 4 is 23.4 Å². The van der Waals surface area contributed by atoms with Gasteiger partial charge in [-0.05, 0) is 43.9 Å². The van der Waals surface area contributed by atoms with E-state index in [0.717, 1.165) is 12.8 Å². The quantitative estimate of drug-likeness (QED) is 0.792. The number of carbonyl (C=O) groups is 3. The summed E-state index contributed by atoms with van der Waals surface area (Å²) in [5.41, 5.74) is 3.66. The van der Waals surface area contributed by atoms with Crippen LogP contribution < -0.4 is 15.8 Å². The first-order chi connectivity index (χ1) is 13.1. The molecular formula is C20H23N3O4. The zero-order valence-corrected chi connectivity index (χ0v) is 15.0. The zero-order chi connectivity index (χ0) is 18.8. The Balaban J connectivity index is 1.51. The number of allylic oxidation sites excluding steroid dienone is 2. The van der Waals surface area contributed by atoms with E-state index in [2.05, 4.69) is 10.7 Å². The van der Waals surface area contributed by atoms with E-state index in [-0.39, 0.29) is 35.6 Å². The number of hydrogen-bond donors (Lipinski definition) is 2. The van der Waals surface area contributed by atoms with Gasteiger partial charge in [-0.25, -0.2) is 5.01 Å². The Kier molecular flexibility index (Phi) is 4.94. The molecule has 3 aliphatic rings. The van der Waals surface area contributed by atoms with Gasteiger partial charge in [-0.1, -0.05) is 18.2 Å². The third kappa shape index (κ3) is 3.60. The first kappa shape index (κ1) is 17.7. The van der Waals surface area contributed by atoms with Crippen molar-refractivity contribution < 1.29 is 19.1 Å². The van der Waals surface area contributed by atoms with Crippen LogP contribution in [0.15, 0.2) is 36.4 Å². The van der Waals surface area contributed by atoms with Crippen molar-refractivity contribution in [2.24, 2.45) is 11.8 Å². The lowest BCUT2D eigenvalue weighted by atomic mass is 9.80. The number of nitrogens with one attached hydrogen (secondary N) is 2. The number of carbonyl (C=O) groups excluding carboxylic acids is 3. The molecule has 2 fully saturated rings. The third-order valence-corrected chi connectivity index (χ3v) is 5.45. The van der Waals surface area contributed by atoms with Gasteiger partial charge in [-0.15, -0.1) is 0 Å². The van der Waals surface area contributed by atoms with Crippen LogP contribution in [0.5, 0.6) is 0 Å². The lowest BCUT2D eigenvalue weighted by molar-refractivity contribution is -0.139. The molecule has 7 nitrogen and oxygen atoms in total. The number of ether oxygens (including phenoxy) is 1. The number of benzene rings is 1. The predicted octanol–water partition coefficient (Wildman–Crippen LogP) is 1.56. The van der Waals surface area contributed by atoms with E-state index >= 15 is 0 Å². The highest BCUT2D eigenvalue weighted by atomic mass is 16.5. The number of fused-ring (bicyclic) bond motifs is 1. The lowest BCUT2D eigenvalue weighted by Gasteiger charge is -2.38. The van der Waals surface area contributed by atoms with Crippen LogP contribution in [0.3, 0.4) is 0 Å². The van der Waals surface area contributed by atoms with Gasteiger partial charge in [0.25, 0.3) is 5.91 Å². The summed E-state index contributed by atoms with van der Waals surface area (Å²) in [5.74, 6) is -1.12. The van der Waals surface area contributed by atoms with Crippen molar-refractivity contribution in [3.63, 3.8) is 0 Å². The summed E-state index contributed by atoms with van der Waals surface area (Å²) in [6, 6.07) is 6.90. The molecule has 2 atom stereocenters. The Labute approximate surface area is 157 Å². The fraction of sp³-hybridized carbons (Fsp3) is 0.450. The molecule has 0 bridgehead atoms. The Morgan fingerprint density at radius 3 is 2.63 bits per heavy atom. The number of rotatable bonds is 3. The molecule has 0 spiro atoms. The standard InChI is InChI=1S/C20H23N3O4/c24-18(21-14-8-10-27-11-9-14)13-4-3-5-15(12-13)23-20(26)17-7-2-1-6-16(17)19(25)22-23/h1-5,12,14,16-17H,6-11H2,(H,21,24)(H,22,25). The van der Waals surface area contributed by atoms with Crippen molar-refractivity contribution in [3.05, 3.63) is 42.0 Å². The molecule has 1 aromatic carbocycles. The second-order valence-electron chi connectivity index (χ2n) is 7.22. The van der Waals surface area contributed by atoms with Crippen LogP contribution in [0.4, 0.5) is 5.69 Å². The molecule has 0 aromatic heterocycles. The van der Waals surface area contributed by atoms with Gasteiger partial charge in [0.2, 0.25) is 11.8 Å². The molecule has 1 aliphatic carbocycles. The van der Waals surface area contributed by atoms with Crippen LogP contribution in [-0.2, 0) is 14.3 Å². The third-order valence-electron chi connectivity index (χ3n) is 5.45. The van der Waals surface area contributed by atoms with E-state index in [1.54, 1.807) is 24.3 Å². The molecule has 2 saturated heterocycles. The second kappa shape index (κ2) is 7.52. The average molecular weight is 369 g/mol. The van der Waals surface area contributed by atoms with E-state index < -0.39 is 0 Å². The summed E-state index contributed by atoms with van der Waals surface area (Å²) in [6.07, 6.45) is 6.64. The number of nitrogens with zero attached hydrogens (tertiary/aromatic N) is 1. The Bertz CT molecular complexity index is 785. The van der Waals surface area contributed by atoms with Gasteiger partial charge in [0.05, 0.1) is 17.5 Å². The van der Waals surface area contributed by atoms with Gasteiger partial charge in [0.15, 0.2) is 0 Å². The Morgan fingerprint density at radius 2 is 1.85 bits per heavy atom. The fourth-order valence-corrected chi connectivity index (χ4v) is 3.88. The Hall–Kier alpha value is -2.67. The van der Waals surface area contributed by atoms with E-state index in [1.165, 1.54) is 5.01 Å². The van der Waals surface area contributed by atoms with Crippen molar-refractivity contribution in [1.82, 2.24) is 10.7 Å². The van der Waals surface area contributed by atoms with Gasteiger partial charge < -0.3 is 10.1 Å². The molecule has 4 rings (SSSR count). The van der Waals surface area contributed by atoms with Gasteiger partial charge in [-0.2, -0.15) is 0 Å². The number of hydrogen-bond acceptors (Lipinski definition) is 4. The van der Waals surface area contributed by atoms with Crippen LogP contribution in [0, 0.1) is 11.8 Å². The molecular weight excluding hydrogens is 346 g/mol. The average Bonchev–Trinajstić information content (AvgIpc) is 2.71. The summed E-state index contributed by atoms with van der Waals surface area (Å²) < 4.78 is 5.31. The molecule has 142 valence electrons. The van der Waals surface area contributed by atoms with Crippen molar-refractivity contribution in [2.75, 3.05) is 18.2 Å². The molecule has 2 aliphatic heterocycles. The van der Waals surface area contributed by atoms with E-state index in [9.17, 15) is 14.4 Å². The molecule has 27 heavy (non-hydrogen) atoms. The lowest BCUT2D eigenvalue weighted by Crippen LogP contribution is -2.59. The maximum atomic E-state index is 12.9. The van der Waals surface area contributed by atoms with Gasteiger partial charge in [0.1, 0.15) is 0 Å². The molecule has 0 radical (unpaired) electrons.